The summed E-state index contributed by atoms with van der Waals surface area (Å²) in [6.07, 6.45) is 0. The van der Waals surface area contributed by atoms with Crippen LogP contribution in [-0.4, -0.2) is 0 Å². The molecule has 2 heteroatoms. The topological polar surface area (TPSA) is 18.5 Å². The minimum absolute atomic E-state index is 0.580. The molecule has 1 aromatic rings. The van der Waals surface area contributed by atoms with Crippen LogP contribution in [0.25, 0.3) is 0 Å². The van der Waals surface area contributed by atoms with E-state index in [9.17, 15) is 0 Å². The van der Waals surface area contributed by atoms with Crippen molar-refractivity contribution >= 4 is 0 Å². The Morgan fingerprint density at radius 3 is 1.90 bits per heavy atom. The summed E-state index contributed by atoms with van der Waals surface area (Å²) >= 11 is 0. The van der Waals surface area contributed by atoms with Crippen LogP contribution in [0.15, 0.2) is 24.3 Å². The van der Waals surface area contributed by atoms with Crippen molar-refractivity contribution in [1.29, 1.82) is 0 Å². The average molecular weight is 136 g/mol. The molecule has 52 valence electrons. The molecular weight excluding hydrogens is 128 g/mol. The minimum atomic E-state index is 0.580. The van der Waals surface area contributed by atoms with Gasteiger partial charge in [0.2, 0.25) is 0 Å². The van der Waals surface area contributed by atoms with Crippen LogP contribution < -0.4 is 0 Å². The van der Waals surface area contributed by atoms with Crippen molar-refractivity contribution in [3.05, 3.63) is 35.4 Å². The molecular formula is C8H8O2. The molecule has 0 N–H and O–H groups in total. The zero-order valence-corrected chi connectivity index (χ0v) is 5.54. The van der Waals surface area contributed by atoms with Crippen LogP contribution in [0.1, 0.15) is 11.1 Å². The summed E-state index contributed by atoms with van der Waals surface area (Å²) in [7, 11) is 0. The summed E-state index contributed by atoms with van der Waals surface area (Å²) in [6.45, 7) is 1.16. The quantitative estimate of drug-likeness (QED) is 0.505. The predicted octanol–water partition coefficient (Wildman–Crippen LogP) is 1.65. The Hall–Kier alpha value is -0.860. The summed E-state index contributed by atoms with van der Waals surface area (Å²) in [6, 6.07) is 8.12. The lowest BCUT2D eigenvalue weighted by molar-refractivity contribution is -0.322. The lowest BCUT2D eigenvalue weighted by Crippen LogP contribution is -2.06. The third-order valence-electron chi connectivity index (χ3n) is 1.63. The Balaban J connectivity index is 2.41. The van der Waals surface area contributed by atoms with Gasteiger partial charge in [-0.2, -0.15) is 0 Å². The van der Waals surface area contributed by atoms with Crippen LogP contribution >= 0.6 is 0 Å². The van der Waals surface area contributed by atoms with E-state index >= 15 is 0 Å². The molecule has 0 saturated heterocycles. The monoisotopic (exact) mass is 136 g/mol. The molecule has 0 spiro atoms. The van der Waals surface area contributed by atoms with E-state index in [1.807, 2.05) is 12.1 Å². The number of benzene rings is 1. The highest BCUT2D eigenvalue weighted by atomic mass is 17.2. The van der Waals surface area contributed by atoms with Gasteiger partial charge in [-0.1, -0.05) is 24.3 Å². The van der Waals surface area contributed by atoms with E-state index in [2.05, 4.69) is 12.1 Å². The van der Waals surface area contributed by atoms with Gasteiger partial charge in [0.25, 0.3) is 0 Å². The molecule has 0 unspecified atom stereocenters. The zero-order chi connectivity index (χ0) is 6.81. The van der Waals surface area contributed by atoms with Gasteiger partial charge in [0.15, 0.2) is 0 Å². The van der Waals surface area contributed by atoms with Crippen LogP contribution in [0.2, 0.25) is 0 Å². The lowest BCUT2D eigenvalue weighted by atomic mass is 10.1. The third kappa shape index (κ3) is 0.916. The van der Waals surface area contributed by atoms with Crippen molar-refractivity contribution in [2.75, 3.05) is 0 Å². The maximum absolute atomic E-state index is 4.80. The van der Waals surface area contributed by atoms with Crippen molar-refractivity contribution in [3.63, 3.8) is 0 Å². The molecule has 0 amide bonds. The van der Waals surface area contributed by atoms with E-state index in [1.54, 1.807) is 0 Å². The van der Waals surface area contributed by atoms with E-state index in [4.69, 9.17) is 9.78 Å². The highest BCUT2D eigenvalue weighted by molar-refractivity contribution is 5.26. The second-order valence-corrected chi connectivity index (χ2v) is 2.29. The first-order valence-electron chi connectivity index (χ1n) is 3.28. The fourth-order valence-electron chi connectivity index (χ4n) is 1.05. The number of fused-ring (bicyclic) bond motifs is 1. The molecule has 0 radical (unpaired) electrons. The van der Waals surface area contributed by atoms with Gasteiger partial charge in [0.1, 0.15) is 13.2 Å². The van der Waals surface area contributed by atoms with Crippen LogP contribution in [0.5, 0.6) is 0 Å². The smallest absolute Gasteiger partial charge is 0.108 e. The highest BCUT2D eigenvalue weighted by Crippen LogP contribution is 2.15. The molecule has 1 aromatic carbocycles. The third-order valence-corrected chi connectivity index (χ3v) is 1.63. The van der Waals surface area contributed by atoms with Crippen molar-refractivity contribution in [3.8, 4) is 0 Å². The van der Waals surface area contributed by atoms with Crippen LogP contribution in [0.3, 0.4) is 0 Å². The van der Waals surface area contributed by atoms with Crippen molar-refractivity contribution < 1.29 is 9.78 Å². The van der Waals surface area contributed by atoms with Crippen molar-refractivity contribution in [2.45, 2.75) is 13.2 Å². The SMILES string of the molecule is c1ccc2c(c1)COOC2. The van der Waals surface area contributed by atoms with Crippen molar-refractivity contribution in [1.82, 2.24) is 0 Å². The minimum Gasteiger partial charge on any atom is -0.232 e. The molecule has 1 aliphatic heterocycles. The van der Waals surface area contributed by atoms with Crippen LogP contribution in [-0.2, 0) is 23.0 Å². The summed E-state index contributed by atoms with van der Waals surface area (Å²) in [5.41, 5.74) is 2.46. The average Bonchev–Trinajstić information content (AvgIpc) is 2.05. The Bertz CT molecular complexity index is 207. The van der Waals surface area contributed by atoms with Gasteiger partial charge < -0.3 is 0 Å². The molecule has 2 rings (SSSR count). The van der Waals surface area contributed by atoms with Gasteiger partial charge in [0, 0.05) is 0 Å². The normalized spacial score (nSPS) is 16.4. The van der Waals surface area contributed by atoms with E-state index in [0.29, 0.717) is 13.2 Å². The van der Waals surface area contributed by atoms with Crippen molar-refractivity contribution in [2.24, 2.45) is 0 Å². The standard InChI is InChI=1S/C8H8O2/c1-2-4-8-6-10-9-5-7(8)3-1/h1-4H,5-6H2. The van der Waals surface area contributed by atoms with Crippen LogP contribution in [0.4, 0.5) is 0 Å². The maximum Gasteiger partial charge on any atom is 0.108 e. The van der Waals surface area contributed by atoms with Gasteiger partial charge in [-0.25, -0.2) is 9.78 Å². The molecule has 0 aliphatic carbocycles. The first-order valence-corrected chi connectivity index (χ1v) is 3.28. The second kappa shape index (κ2) is 2.40. The van der Waals surface area contributed by atoms with Gasteiger partial charge in [0.05, 0.1) is 0 Å². The Morgan fingerprint density at radius 1 is 0.900 bits per heavy atom. The summed E-state index contributed by atoms with van der Waals surface area (Å²) in [4.78, 5) is 9.59. The number of hydrogen-bond acceptors (Lipinski definition) is 2. The Morgan fingerprint density at radius 2 is 1.40 bits per heavy atom. The van der Waals surface area contributed by atoms with Gasteiger partial charge in [-0.15, -0.1) is 0 Å². The summed E-state index contributed by atoms with van der Waals surface area (Å²) in [5, 5.41) is 0. The second-order valence-electron chi connectivity index (χ2n) is 2.29. The molecule has 0 bridgehead atoms. The van der Waals surface area contributed by atoms with Gasteiger partial charge >= 0.3 is 0 Å². The number of rotatable bonds is 0. The molecule has 0 fully saturated rings. The molecule has 1 aliphatic rings. The fourth-order valence-corrected chi connectivity index (χ4v) is 1.05. The Labute approximate surface area is 59.3 Å². The Kier molecular flexibility index (Phi) is 1.42. The molecule has 0 atom stereocenters. The first kappa shape index (κ1) is 5.89. The first-order chi connectivity index (χ1) is 4.97. The lowest BCUT2D eigenvalue weighted by Gasteiger charge is -2.14. The molecule has 10 heavy (non-hydrogen) atoms. The maximum atomic E-state index is 4.80. The van der Waals surface area contributed by atoms with E-state index in [1.165, 1.54) is 11.1 Å². The van der Waals surface area contributed by atoms with E-state index in [0.717, 1.165) is 0 Å². The molecule has 2 nitrogen and oxygen atoms in total. The summed E-state index contributed by atoms with van der Waals surface area (Å²) < 4.78 is 0. The molecule has 0 aromatic heterocycles. The highest BCUT2D eigenvalue weighted by Gasteiger charge is 2.07. The molecule has 1 heterocycles. The van der Waals surface area contributed by atoms with Gasteiger partial charge in [-0.3, -0.25) is 0 Å². The largest absolute Gasteiger partial charge is 0.232 e. The zero-order valence-electron chi connectivity index (χ0n) is 5.54. The summed E-state index contributed by atoms with van der Waals surface area (Å²) in [5.74, 6) is 0. The van der Waals surface area contributed by atoms with Gasteiger partial charge in [-0.05, 0) is 11.1 Å². The van der Waals surface area contributed by atoms with E-state index < -0.39 is 0 Å². The number of hydrogen-bond donors (Lipinski definition) is 0. The predicted molar refractivity (Wildman–Crippen MR) is 36.0 cm³/mol. The fraction of sp³-hybridized carbons (Fsp3) is 0.250. The van der Waals surface area contributed by atoms with E-state index in [-0.39, 0.29) is 0 Å². The molecule has 0 saturated carbocycles. The van der Waals surface area contributed by atoms with Crippen LogP contribution in [0, 0.1) is 0 Å².